The molecule has 16 heavy (non-hydrogen) atoms. The van der Waals surface area contributed by atoms with Gasteiger partial charge in [-0.15, -0.1) is 0 Å². The normalized spacial score (nSPS) is 18.8. The second-order valence-electron chi connectivity index (χ2n) is 4.65. The van der Waals surface area contributed by atoms with Crippen molar-refractivity contribution >= 4 is 11.4 Å². The minimum absolute atomic E-state index is 0.588. The summed E-state index contributed by atoms with van der Waals surface area (Å²) in [7, 11) is 0. The standard InChI is InChI=1S/C13H21N3/c14-12-10-15-9-8-13(12)16-11-6-4-2-1-3-5-7-11/h8-11H,1-7,14H2,(H,15,16). The maximum absolute atomic E-state index is 5.88. The topological polar surface area (TPSA) is 50.9 Å². The van der Waals surface area contributed by atoms with Gasteiger partial charge in [0.2, 0.25) is 0 Å². The summed E-state index contributed by atoms with van der Waals surface area (Å²) in [6.45, 7) is 0. The van der Waals surface area contributed by atoms with Crippen LogP contribution in [-0.4, -0.2) is 11.0 Å². The van der Waals surface area contributed by atoms with Crippen LogP contribution in [0.1, 0.15) is 44.9 Å². The van der Waals surface area contributed by atoms with Gasteiger partial charge in [-0.05, 0) is 18.9 Å². The summed E-state index contributed by atoms with van der Waals surface area (Å²) in [6.07, 6.45) is 12.9. The van der Waals surface area contributed by atoms with E-state index in [0.717, 1.165) is 11.4 Å². The highest BCUT2D eigenvalue weighted by molar-refractivity contribution is 5.64. The number of aromatic nitrogens is 1. The summed E-state index contributed by atoms with van der Waals surface area (Å²) in [5, 5.41) is 3.55. The molecule has 88 valence electrons. The van der Waals surface area contributed by atoms with E-state index < -0.39 is 0 Å². The van der Waals surface area contributed by atoms with Crippen molar-refractivity contribution in [1.29, 1.82) is 0 Å². The van der Waals surface area contributed by atoms with Gasteiger partial charge in [-0.25, -0.2) is 0 Å². The molecule has 1 saturated carbocycles. The first-order valence-electron chi connectivity index (χ1n) is 6.32. The molecular weight excluding hydrogens is 198 g/mol. The van der Waals surface area contributed by atoms with Crippen molar-refractivity contribution in [3.63, 3.8) is 0 Å². The van der Waals surface area contributed by atoms with E-state index in [1.54, 1.807) is 12.4 Å². The average Bonchev–Trinajstić information content (AvgIpc) is 2.24. The Morgan fingerprint density at radius 2 is 1.81 bits per heavy atom. The average molecular weight is 219 g/mol. The lowest BCUT2D eigenvalue weighted by Crippen LogP contribution is -2.21. The molecule has 3 heteroatoms. The predicted molar refractivity (Wildman–Crippen MR) is 68.4 cm³/mol. The third kappa shape index (κ3) is 3.12. The predicted octanol–water partition coefficient (Wildman–Crippen LogP) is 3.19. The zero-order valence-corrected chi connectivity index (χ0v) is 9.78. The van der Waals surface area contributed by atoms with Crippen LogP contribution in [-0.2, 0) is 0 Å². The quantitative estimate of drug-likeness (QED) is 0.803. The Balaban J connectivity index is 1.94. The van der Waals surface area contributed by atoms with Crippen molar-refractivity contribution in [2.75, 3.05) is 11.1 Å². The van der Waals surface area contributed by atoms with E-state index in [2.05, 4.69) is 10.3 Å². The Morgan fingerprint density at radius 3 is 2.50 bits per heavy atom. The molecular formula is C13H21N3. The molecule has 1 fully saturated rings. The van der Waals surface area contributed by atoms with Crippen molar-refractivity contribution in [2.45, 2.75) is 51.0 Å². The first kappa shape index (κ1) is 11.2. The number of pyridine rings is 1. The summed E-state index contributed by atoms with van der Waals surface area (Å²) >= 11 is 0. The van der Waals surface area contributed by atoms with Crippen LogP contribution >= 0.6 is 0 Å². The molecule has 1 aromatic heterocycles. The van der Waals surface area contributed by atoms with Crippen molar-refractivity contribution in [3.8, 4) is 0 Å². The number of nitrogens with zero attached hydrogens (tertiary/aromatic N) is 1. The SMILES string of the molecule is Nc1cnccc1NC1CCCCCCC1. The van der Waals surface area contributed by atoms with Crippen LogP contribution in [0.5, 0.6) is 0 Å². The van der Waals surface area contributed by atoms with Crippen LogP contribution in [0.25, 0.3) is 0 Å². The first-order valence-corrected chi connectivity index (χ1v) is 6.32. The Hall–Kier alpha value is -1.25. The molecule has 0 bridgehead atoms. The Kier molecular flexibility index (Phi) is 4.03. The molecule has 0 spiro atoms. The van der Waals surface area contributed by atoms with E-state index in [1.165, 1.54) is 44.9 Å². The lowest BCUT2D eigenvalue weighted by Gasteiger charge is -2.22. The molecule has 0 amide bonds. The van der Waals surface area contributed by atoms with Crippen molar-refractivity contribution in [3.05, 3.63) is 18.5 Å². The third-order valence-electron chi connectivity index (χ3n) is 3.32. The van der Waals surface area contributed by atoms with Gasteiger partial charge in [-0.2, -0.15) is 0 Å². The van der Waals surface area contributed by atoms with Gasteiger partial charge in [0, 0.05) is 12.2 Å². The Bertz CT molecular complexity index is 317. The van der Waals surface area contributed by atoms with E-state index in [1.807, 2.05) is 6.07 Å². The van der Waals surface area contributed by atoms with Crippen LogP contribution in [0.2, 0.25) is 0 Å². The fourth-order valence-corrected chi connectivity index (χ4v) is 2.36. The molecule has 1 heterocycles. The summed E-state index contributed by atoms with van der Waals surface area (Å²) in [4.78, 5) is 4.01. The van der Waals surface area contributed by atoms with Crippen LogP contribution in [0.4, 0.5) is 11.4 Å². The van der Waals surface area contributed by atoms with Crippen LogP contribution in [0.15, 0.2) is 18.5 Å². The maximum Gasteiger partial charge on any atom is 0.0736 e. The van der Waals surface area contributed by atoms with Gasteiger partial charge in [-0.1, -0.05) is 32.1 Å². The van der Waals surface area contributed by atoms with E-state index in [-0.39, 0.29) is 0 Å². The zero-order valence-electron chi connectivity index (χ0n) is 9.78. The number of hydrogen-bond acceptors (Lipinski definition) is 3. The smallest absolute Gasteiger partial charge is 0.0736 e. The molecule has 2 rings (SSSR count). The highest BCUT2D eigenvalue weighted by Gasteiger charge is 2.11. The van der Waals surface area contributed by atoms with Crippen LogP contribution in [0, 0.1) is 0 Å². The minimum atomic E-state index is 0.588. The highest BCUT2D eigenvalue weighted by Crippen LogP contribution is 2.23. The summed E-state index contributed by atoms with van der Waals surface area (Å²) in [5.74, 6) is 0. The monoisotopic (exact) mass is 219 g/mol. The van der Waals surface area contributed by atoms with E-state index >= 15 is 0 Å². The summed E-state index contributed by atoms with van der Waals surface area (Å²) < 4.78 is 0. The summed E-state index contributed by atoms with van der Waals surface area (Å²) in [6, 6.07) is 2.55. The van der Waals surface area contributed by atoms with Crippen molar-refractivity contribution in [1.82, 2.24) is 4.98 Å². The number of nitrogen functional groups attached to an aromatic ring is 1. The summed E-state index contributed by atoms with van der Waals surface area (Å²) in [5.41, 5.74) is 7.68. The third-order valence-corrected chi connectivity index (χ3v) is 3.32. The molecule has 0 atom stereocenters. The number of rotatable bonds is 2. The lowest BCUT2D eigenvalue weighted by atomic mass is 9.96. The number of nitrogens with two attached hydrogens (primary N) is 1. The van der Waals surface area contributed by atoms with Crippen LogP contribution in [0.3, 0.4) is 0 Å². The molecule has 0 radical (unpaired) electrons. The van der Waals surface area contributed by atoms with Crippen molar-refractivity contribution < 1.29 is 0 Å². The molecule has 1 aliphatic carbocycles. The second kappa shape index (κ2) is 5.73. The van der Waals surface area contributed by atoms with E-state index in [9.17, 15) is 0 Å². The first-order chi connectivity index (χ1) is 7.86. The molecule has 0 aliphatic heterocycles. The molecule has 1 aliphatic rings. The molecule has 0 saturated heterocycles. The van der Waals surface area contributed by atoms with E-state index in [4.69, 9.17) is 5.73 Å². The van der Waals surface area contributed by atoms with Crippen LogP contribution < -0.4 is 11.1 Å². The van der Waals surface area contributed by atoms with Gasteiger partial charge in [0.05, 0.1) is 17.6 Å². The fourth-order valence-electron chi connectivity index (χ4n) is 2.36. The Labute approximate surface area is 97.5 Å². The Morgan fingerprint density at radius 1 is 1.12 bits per heavy atom. The highest BCUT2D eigenvalue weighted by atomic mass is 14.9. The molecule has 3 nitrogen and oxygen atoms in total. The molecule has 0 unspecified atom stereocenters. The van der Waals surface area contributed by atoms with Gasteiger partial charge in [0.25, 0.3) is 0 Å². The largest absolute Gasteiger partial charge is 0.396 e. The minimum Gasteiger partial charge on any atom is -0.396 e. The molecule has 0 aromatic carbocycles. The number of nitrogens with one attached hydrogen (secondary N) is 1. The van der Waals surface area contributed by atoms with Gasteiger partial charge in [0.15, 0.2) is 0 Å². The van der Waals surface area contributed by atoms with Gasteiger partial charge in [0.1, 0.15) is 0 Å². The van der Waals surface area contributed by atoms with E-state index in [0.29, 0.717) is 6.04 Å². The fraction of sp³-hybridized carbons (Fsp3) is 0.615. The molecule has 1 aromatic rings. The van der Waals surface area contributed by atoms with Gasteiger partial charge < -0.3 is 11.1 Å². The molecule has 3 N–H and O–H groups in total. The maximum atomic E-state index is 5.88. The number of anilines is 2. The van der Waals surface area contributed by atoms with Gasteiger partial charge in [-0.3, -0.25) is 4.98 Å². The lowest BCUT2D eigenvalue weighted by molar-refractivity contribution is 0.471. The van der Waals surface area contributed by atoms with Crippen molar-refractivity contribution in [2.24, 2.45) is 0 Å². The zero-order chi connectivity index (χ0) is 11.2. The second-order valence-corrected chi connectivity index (χ2v) is 4.65. The van der Waals surface area contributed by atoms with Gasteiger partial charge >= 0.3 is 0 Å². The number of hydrogen-bond donors (Lipinski definition) is 2.